The van der Waals surface area contributed by atoms with Crippen LogP contribution in [-0.2, 0) is 5.41 Å². The Hall–Kier alpha value is -1.67. The Labute approximate surface area is 114 Å². The predicted molar refractivity (Wildman–Crippen MR) is 79.3 cm³/mol. The largest absolute Gasteiger partial charge is 0.330 e. The zero-order valence-corrected chi connectivity index (χ0v) is 11.8. The van der Waals surface area contributed by atoms with Gasteiger partial charge in [0.25, 0.3) is 0 Å². The van der Waals surface area contributed by atoms with E-state index >= 15 is 0 Å². The Morgan fingerprint density at radius 1 is 1.16 bits per heavy atom. The fraction of sp³-hybridized carbons (Fsp3) is 0.353. The first-order valence-electron chi connectivity index (χ1n) is 6.82. The molecule has 0 spiro atoms. The van der Waals surface area contributed by atoms with Crippen molar-refractivity contribution in [2.45, 2.75) is 32.1 Å². The monoisotopic (exact) mass is 252 g/mol. The Morgan fingerprint density at radius 3 is 2.63 bits per heavy atom. The van der Waals surface area contributed by atoms with Gasteiger partial charge in [-0.3, -0.25) is 4.98 Å². The van der Waals surface area contributed by atoms with E-state index in [4.69, 9.17) is 5.73 Å². The lowest BCUT2D eigenvalue weighted by Gasteiger charge is -2.21. The van der Waals surface area contributed by atoms with Crippen LogP contribution in [0, 0.1) is 0 Å². The molecule has 3 rings (SSSR count). The molecule has 98 valence electrons. The van der Waals surface area contributed by atoms with Crippen LogP contribution < -0.4 is 5.73 Å². The van der Waals surface area contributed by atoms with E-state index in [9.17, 15) is 0 Å². The number of nitrogens with zero attached hydrogens (tertiary/aromatic N) is 1. The minimum Gasteiger partial charge on any atom is -0.330 e. The van der Waals surface area contributed by atoms with Crippen LogP contribution in [0.5, 0.6) is 0 Å². The lowest BCUT2D eigenvalue weighted by molar-refractivity contribution is 0.589. The molecule has 1 aromatic carbocycles. The number of aromatic nitrogens is 1. The van der Waals surface area contributed by atoms with Crippen molar-refractivity contribution in [2.24, 2.45) is 5.73 Å². The first-order valence-corrected chi connectivity index (χ1v) is 6.82. The number of hydrogen-bond donors (Lipinski definition) is 1. The molecular weight excluding hydrogens is 232 g/mol. The first-order chi connectivity index (χ1) is 9.02. The fourth-order valence-electron chi connectivity index (χ4n) is 2.88. The minimum absolute atomic E-state index is 0.163. The number of hydrogen-bond acceptors (Lipinski definition) is 2. The van der Waals surface area contributed by atoms with Crippen molar-refractivity contribution < 1.29 is 0 Å². The molecule has 0 saturated heterocycles. The van der Waals surface area contributed by atoms with E-state index in [1.54, 1.807) is 0 Å². The molecule has 1 aromatic heterocycles. The lowest BCUT2D eigenvalue weighted by atomic mass is 9.84. The molecule has 2 heteroatoms. The highest BCUT2D eigenvalue weighted by molar-refractivity contribution is 5.76. The van der Waals surface area contributed by atoms with Gasteiger partial charge in [0.15, 0.2) is 0 Å². The van der Waals surface area contributed by atoms with Crippen molar-refractivity contribution in [3.05, 3.63) is 53.2 Å². The normalized spacial score (nSPS) is 17.2. The van der Waals surface area contributed by atoms with E-state index in [1.807, 2.05) is 12.3 Å². The average molecular weight is 252 g/mol. The van der Waals surface area contributed by atoms with Crippen LogP contribution in [0.25, 0.3) is 11.3 Å². The van der Waals surface area contributed by atoms with E-state index in [-0.39, 0.29) is 5.41 Å². The average Bonchev–Trinajstić information content (AvgIpc) is 2.70. The molecule has 1 unspecified atom stereocenters. The summed E-state index contributed by atoms with van der Waals surface area (Å²) < 4.78 is 0. The molecule has 1 atom stereocenters. The van der Waals surface area contributed by atoms with Gasteiger partial charge < -0.3 is 5.73 Å². The third kappa shape index (κ3) is 1.87. The summed E-state index contributed by atoms with van der Waals surface area (Å²) >= 11 is 0. The van der Waals surface area contributed by atoms with Gasteiger partial charge in [0.1, 0.15) is 0 Å². The van der Waals surface area contributed by atoms with Crippen LogP contribution in [0.4, 0.5) is 0 Å². The number of fused-ring (bicyclic) bond motifs is 3. The summed E-state index contributed by atoms with van der Waals surface area (Å²) in [6, 6.07) is 10.9. The van der Waals surface area contributed by atoms with Gasteiger partial charge in [-0.2, -0.15) is 0 Å². The van der Waals surface area contributed by atoms with Gasteiger partial charge in [-0.15, -0.1) is 0 Å². The van der Waals surface area contributed by atoms with Crippen molar-refractivity contribution in [2.75, 3.05) is 6.54 Å². The van der Waals surface area contributed by atoms with Gasteiger partial charge >= 0.3 is 0 Å². The molecule has 0 aliphatic heterocycles. The summed E-state index contributed by atoms with van der Waals surface area (Å²) in [5.41, 5.74) is 12.5. The quantitative estimate of drug-likeness (QED) is 0.844. The van der Waals surface area contributed by atoms with Crippen molar-refractivity contribution >= 4 is 0 Å². The van der Waals surface area contributed by atoms with E-state index in [2.05, 4.69) is 50.0 Å². The Bertz CT molecular complexity index is 623. The SMILES string of the molecule is CC(C)(C)c1ccc2c(c1)C(CN)c1cccnc1-2. The first kappa shape index (κ1) is 12.4. The van der Waals surface area contributed by atoms with Gasteiger partial charge in [0.05, 0.1) is 5.69 Å². The van der Waals surface area contributed by atoms with Crippen LogP contribution in [0.2, 0.25) is 0 Å². The van der Waals surface area contributed by atoms with Crippen LogP contribution >= 0.6 is 0 Å². The maximum Gasteiger partial charge on any atom is 0.0743 e. The minimum atomic E-state index is 0.163. The summed E-state index contributed by atoms with van der Waals surface area (Å²) in [4.78, 5) is 4.54. The van der Waals surface area contributed by atoms with Crippen molar-refractivity contribution in [1.29, 1.82) is 0 Å². The molecule has 1 aliphatic rings. The maximum absolute atomic E-state index is 5.99. The topological polar surface area (TPSA) is 38.9 Å². The highest BCUT2D eigenvalue weighted by Crippen LogP contribution is 2.44. The van der Waals surface area contributed by atoms with Gasteiger partial charge in [0, 0.05) is 24.2 Å². The molecule has 2 nitrogen and oxygen atoms in total. The van der Waals surface area contributed by atoms with Crippen LogP contribution in [-0.4, -0.2) is 11.5 Å². The maximum atomic E-state index is 5.99. The molecule has 19 heavy (non-hydrogen) atoms. The Kier molecular flexibility index (Phi) is 2.72. The van der Waals surface area contributed by atoms with E-state index in [0.717, 1.165) is 5.69 Å². The van der Waals surface area contributed by atoms with Gasteiger partial charge in [0.2, 0.25) is 0 Å². The van der Waals surface area contributed by atoms with Crippen LogP contribution in [0.1, 0.15) is 43.4 Å². The third-order valence-corrected chi connectivity index (χ3v) is 4.00. The molecule has 2 N–H and O–H groups in total. The Morgan fingerprint density at radius 2 is 1.95 bits per heavy atom. The summed E-state index contributed by atoms with van der Waals surface area (Å²) in [5.74, 6) is 0.293. The highest BCUT2D eigenvalue weighted by Gasteiger charge is 2.29. The van der Waals surface area contributed by atoms with Gasteiger partial charge in [-0.25, -0.2) is 0 Å². The van der Waals surface area contributed by atoms with Gasteiger partial charge in [-0.1, -0.05) is 45.0 Å². The Balaban J connectivity index is 2.20. The second-order valence-electron chi connectivity index (χ2n) is 6.28. The number of pyridine rings is 1. The van der Waals surface area contributed by atoms with Crippen LogP contribution in [0.3, 0.4) is 0 Å². The second kappa shape index (κ2) is 4.17. The smallest absolute Gasteiger partial charge is 0.0743 e. The lowest BCUT2D eigenvalue weighted by Crippen LogP contribution is -2.14. The molecule has 0 bridgehead atoms. The number of nitrogens with two attached hydrogens (primary N) is 1. The molecule has 2 aromatic rings. The van der Waals surface area contributed by atoms with E-state index in [1.165, 1.54) is 22.3 Å². The van der Waals surface area contributed by atoms with Crippen molar-refractivity contribution in [3.8, 4) is 11.3 Å². The number of benzene rings is 1. The highest BCUT2D eigenvalue weighted by atomic mass is 14.7. The summed E-state index contributed by atoms with van der Waals surface area (Å²) in [7, 11) is 0. The molecule has 1 aliphatic carbocycles. The van der Waals surface area contributed by atoms with E-state index in [0.29, 0.717) is 12.5 Å². The summed E-state index contributed by atoms with van der Waals surface area (Å²) in [6.45, 7) is 7.37. The predicted octanol–water partition coefficient (Wildman–Crippen LogP) is 3.45. The molecule has 0 fully saturated rings. The summed E-state index contributed by atoms with van der Waals surface area (Å²) in [6.07, 6.45) is 1.86. The number of rotatable bonds is 1. The van der Waals surface area contributed by atoms with Crippen molar-refractivity contribution in [3.63, 3.8) is 0 Å². The van der Waals surface area contributed by atoms with Crippen molar-refractivity contribution in [1.82, 2.24) is 4.98 Å². The molecule has 0 amide bonds. The molecular formula is C17H20N2. The fourth-order valence-corrected chi connectivity index (χ4v) is 2.88. The molecule has 1 heterocycles. The zero-order chi connectivity index (χ0) is 13.6. The summed E-state index contributed by atoms with van der Waals surface area (Å²) in [5, 5.41) is 0. The van der Waals surface area contributed by atoms with Gasteiger partial charge in [-0.05, 0) is 28.2 Å². The molecule has 0 saturated carbocycles. The standard InChI is InChI=1S/C17H20N2/c1-17(2,3)11-6-7-13-14(9-11)15(10-18)12-5-4-8-19-16(12)13/h4-9,15H,10,18H2,1-3H3. The zero-order valence-electron chi connectivity index (χ0n) is 11.8. The van der Waals surface area contributed by atoms with E-state index < -0.39 is 0 Å². The third-order valence-electron chi connectivity index (χ3n) is 4.00. The van der Waals surface area contributed by atoms with Crippen LogP contribution in [0.15, 0.2) is 36.5 Å². The second-order valence-corrected chi connectivity index (χ2v) is 6.28. The molecule has 0 radical (unpaired) electrons.